The summed E-state index contributed by atoms with van der Waals surface area (Å²) in [5.41, 5.74) is 1.01. The summed E-state index contributed by atoms with van der Waals surface area (Å²) < 4.78 is 1.57. The Hall–Kier alpha value is -2.36. The van der Waals surface area contributed by atoms with Crippen molar-refractivity contribution < 1.29 is 4.79 Å². The minimum atomic E-state index is -0.267. The molecule has 2 atom stereocenters. The van der Waals surface area contributed by atoms with Gasteiger partial charge in [0.25, 0.3) is 11.5 Å². The Morgan fingerprint density at radius 2 is 1.95 bits per heavy atom. The Bertz CT molecular complexity index is 706. The molecule has 1 fully saturated rings. The minimum absolute atomic E-state index is 0.215. The number of hydrogen-bond acceptors (Lipinski definition) is 2. The number of aromatic nitrogens is 1. The van der Waals surface area contributed by atoms with E-state index in [4.69, 9.17) is 0 Å². The molecular weight excluding hydrogens is 264 g/mol. The second-order valence-electron chi connectivity index (χ2n) is 5.63. The van der Waals surface area contributed by atoms with Crippen LogP contribution in [0.25, 0.3) is 0 Å². The van der Waals surface area contributed by atoms with Gasteiger partial charge in [-0.25, -0.2) is 0 Å². The number of benzene rings is 1. The third kappa shape index (κ3) is 3.05. The van der Waals surface area contributed by atoms with Gasteiger partial charge in [-0.05, 0) is 30.0 Å². The first-order valence-corrected chi connectivity index (χ1v) is 7.19. The van der Waals surface area contributed by atoms with Crippen LogP contribution in [0.1, 0.15) is 29.3 Å². The molecule has 21 heavy (non-hydrogen) atoms. The third-order valence-electron chi connectivity index (χ3n) is 3.89. The molecule has 1 saturated carbocycles. The molecule has 3 rings (SSSR count). The van der Waals surface area contributed by atoms with Gasteiger partial charge < -0.3 is 9.88 Å². The smallest absolute Gasteiger partial charge is 0.263 e. The summed E-state index contributed by atoms with van der Waals surface area (Å²) in [6.07, 6.45) is 2.71. The van der Waals surface area contributed by atoms with Crippen LogP contribution < -0.4 is 10.9 Å². The average Bonchev–Trinajstić information content (AvgIpc) is 3.17. The van der Waals surface area contributed by atoms with Gasteiger partial charge >= 0.3 is 0 Å². The van der Waals surface area contributed by atoms with Gasteiger partial charge in [0, 0.05) is 12.2 Å². The molecule has 4 nitrogen and oxygen atoms in total. The highest BCUT2D eigenvalue weighted by Gasteiger charge is 2.34. The number of nitrogens with one attached hydrogen (secondary N) is 1. The highest BCUT2D eigenvalue weighted by atomic mass is 16.2. The van der Waals surface area contributed by atoms with E-state index in [0.717, 1.165) is 12.0 Å². The van der Waals surface area contributed by atoms with Crippen molar-refractivity contribution in [2.75, 3.05) is 0 Å². The van der Waals surface area contributed by atoms with Crippen molar-refractivity contribution in [3.63, 3.8) is 0 Å². The molecule has 1 aliphatic carbocycles. The van der Waals surface area contributed by atoms with Crippen LogP contribution in [0.3, 0.4) is 0 Å². The second-order valence-corrected chi connectivity index (χ2v) is 5.63. The first-order valence-electron chi connectivity index (χ1n) is 7.19. The van der Waals surface area contributed by atoms with E-state index in [1.54, 1.807) is 22.9 Å². The van der Waals surface area contributed by atoms with Gasteiger partial charge in [0.05, 0.1) is 6.54 Å². The van der Waals surface area contributed by atoms with E-state index in [0.29, 0.717) is 12.5 Å². The Balaban J connectivity index is 1.81. The quantitative estimate of drug-likeness (QED) is 0.933. The number of carbonyl (C=O) groups excluding carboxylic acids is 1. The predicted molar refractivity (Wildman–Crippen MR) is 81.3 cm³/mol. The van der Waals surface area contributed by atoms with Gasteiger partial charge in [-0.3, -0.25) is 9.59 Å². The maximum absolute atomic E-state index is 12.4. The zero-order valence-corrected chi connectivity index (χ0v) is 12.0. The zero-order chi connectivity index (χ0) is 14.8. The molecule has 1 aliphatic rings. The molecular formula is C17H18N2O2. The molecule has 1 aromatic heterocycles. The average molecular weight is 282 g/mol. The lowest BCUT2D eigenvalue weighted by Crippen LogP contribution is -2.34. The SMILES string of the molecule is CC1CC1NC(=O)c1cccn(Cc2ccccc2)c1=O. The number of hydrogen-bond donors (Lipinski definition) is 1. The van der Waals surface area contributed by atoms with Gasteiger partial charge in [0.1, 0.15) is 5.56 Å². The highest BCUT2D eigenvalue weighted by Crippen LogP contribution is 2.29. The fraction of sp³-hybridized carbons (Fsp3) is 0.294. The van der Waals surface area contributed by atoms with Crippen LogP contribution in [-0.2, 0) is 6.54 Å². The summed E-state index contributed by atoms with van der Waals surface area (Å²) in [5.74, 6) is 0.251. The van der Waals surface area contributed by atoms with Gasteiger partial charge in [-0.2, -0.15) is 0 Å². The van der Waals surface area contributed by atoms with E-state index in [2.05, 4.69) is 12.2 Å². The van der Waals surface area contributed by atoms with E-state index in [9.17, 15) is 9.59 Å². The van der Waals surface area contributed by atoms with Gasteiger partial charge in [0.15, 0.2) is 0 Å². The monoisotopic (exact) mass is 282 g/mol. The number of carbonyl (C=O) groups is 1. The largest absolute Gasteiger partial charge is 0.349 e. The fourth-order valence-corrected chi connectivity index (χ4v) is 2.38. The standard InChI is InChI=1S/C17H18N2O2/c1-12-10-15(12)18-16(20)14-8-5-9-19(17(14)21)11-13-6-3-2-4-7-13/h2-9,12,15H,10-11H2,1H3,(H,18,20). The highest BCUT2D eigenvalue weighted by molar-refractivity contribution is 5.94. The van der Waals surface area contributed by atoms with Crippen LogP contribution in [-0.4, -0.2) is 16.5 Å². The molecule has 2 unspecified atom stereocenters. The van der Waals surface area contributed by atoms with E-state index >= 15 is 0 Å². The van der Waals surface area contributed by atoms with E-state index in [1.807, 2.05) is 30.3 Å². The molecule has 0 aliphatic heterocycles. The molecule has 0 radical (unpaired) electrons. The first kappa shape index (κ1) is 13.6. The van der Waals surface area contributed by atoms with Crippen LogP contribution >= 0.6 is 0 Å². The summed E-state index contributed by atoms with van der Waals surface area (Å²) in [6.45, 7) is 2.56. The van der Waals surface area contributed by atoms with E-state index in [1.165, 1.54) is 0 Å². The minimum Gasteiger partial charge on any atom is -0.349 e. The summed E-state index contributed by atoms with van der Waals surface area (Å²) in [7, 11) is 0. The van der Waals surface area contributed by atoms with Crippen molar-refractivity contribution in [2.45, 2.75) is 25.9 Å². The van der Waals surface area contributed by atoms with Crippen LogP contribution in [0.15, 0.2) is 53.5 Å². The molecule has 2 aromatic rings. The molecule has 0 spiro atoms. The van der Waals surface area contributed by atoms with Crippen molar-refractivity contribution in [1.29, 1.82) is 0 Å². The number of nitrogens with zero attached hydrogens (tertiary/aromatic N) is 1. The Labute approximate surface area is 123 Å². The number of pyridine rings is 1. The topological polar surface area (TPSA) is 51.1 Å². The lowest BCUT2D eigenvalue weighted by atomic mass is 10.2. The lowest BCUT2D eigenvalue weighted by Gasteiger charge is -2.08. The molecule has 1 amide bonds. The fourth-order valence-electron chi connectivity index (χ4n) is 2.38. The molecule has 0 bridgehead atoms. The second kappa shape index (κ2) is 5.56. The van der Waals surface area contributed by atoms with Crippen molar-refractivity contribution in [1.82, 2.24) is 9.88 Å². The molecule has 1 heterocycles. The van der Waals surface area contributed by atoms with Gasteiger partial charge in [0.2, 0.25) is 0 Å². The van der Waals surface area contributed by atoms with E-state index in [-0.39, 0.29) is 23.1 Å². The lowest BCUT2D eigenvalue weighted by molar-refractivity contribution is 0.0947. The Kier molecular flexibility index (Phi) is 3.60. The molecule has 4 heteroatoms. The summed E-state index contributed by atoms with van der Waals surface area (Å²) in [6, 6.07) is 13.3. The normalized spacial score (nSPS) is 20.0. The maximum atomic E-state index is 12.4. The van der Waals surface area contributed by atoms with Crippen molar-refractivity contribution in [3.8, 4) is 0 Å². The summed E-state index contributed by atoms with van der Waals surface area (Å²) in [5, 5.41) is 2.90. The van der Waals surface area contributed by atoms with Crippen LogP contribution in [0.4, 0.5) is 0 Å². The Morgan fingerprint density at radius 3 is 2.62 bits per heavy atom. The first-order chi connectivity index (χ1) is 10.1. The number of rotatable bonds is 4. The van der Waals surface area contributed by atoms with Crippen LogP contribution in [0.5, 0.6) is 0 Å². The van der Waals surface area contributed by atoms with Crippen molar-refractivity contribution >= 4 is 5.91 Å². The zero-order valence-electron chi connectivity index (χ0n) is 12.0. The van der Waals surface area contributed by atoms with Crippen LogP contribution in [0, 0.1) is 5.92 Å². The van der Waals surface area contributed by atoms with E-state index < -0.39 is 0 Å². The summed E-state index contributed by atoms with van der Waals surface area (Å²) in [4.78, 5) is 24.5. The maximum Gasteiger partial charge on any atom is 0.263 e. The summed E-state index contributed by atoms with van der Waals surface area (Å²) >= 11 is 0. The molecule has 1 aromatic carbocycles. The van der Waals surface area contributed by atoms with Gasteiger partial charge in [-0.1, -0.05) is 37.3 Å². The molecule has 1 N–H and O–H groups in total. The molecule has 108 valence electrons. The Morgan fingerprint density at radius 1 is 1.24 bits per heavy atom. The molecule has 0 saturated heterocycles. The third-order valence-corrected chi connectivity index (χ3v) is 3.89. The predicted octanol–water partition coefficient (Wildman–Crippen LogP) is 2.03. The van der Waals surface area contributed by atoms with Crippen LogP contribution in [0.2, 0.25) is 0 Å². The van der Waals surface area contributed by atoms with Gasteiger partial charge in [-0.15, -0.1) is 0 Å². The van der Waals surface area contributed by atoms with Crippen molar-refractivity contribution in [2.24, 2.45) is 5.92 Å². The number of amides is 1. The van der Waals surface area contributed by atoms with Crippen molar-refractivity contribution in [3.05, 3.63) is 70.1 Å².